The van der Waals surface area contributed by atoms with Gasteiger partial charge in [-0.15, -0.1) is 0 Å². The molecule has 0 spiro atoms. The van der Waals surface area contributed by atoms with Crippen molar-refractivity contribution in [2.75, 3.05) is 13.1 Å². The number of carboxylic acid groups (broad SMARTS) is 3. The molecule has 98 heavy (non-hydrogen) atoms. The number of aromatic nitrogens is 2. The number of primary amides is 1. The molecule has 14 atom stereocenters. The van der Waals surface area contributed by atoms with Crippen LogP contribution in [0.4, 0.5) is 0 Å². The van der Waals surface area contributed by atoms with Gasteiger partial charge in [0.2, 0.25) is 88.6 Å². The van der Waals surface area contributed by atoms with E-state index in [-0.39, 0.29) is 32.2 Å². The lowest BCUT2D eigenvalue weighted by molar-refractivity contribution is -0.141. The van der Waals surface area contributed by atoms with Crippen molar-refractivity contribution in [1.29, 1.82) is 0 Å². The number of hydrogen-bond donors (Lipinski definition) is 21. The number of carbonyl (C=O) groups excluding carboxylic acids is 15. The molecule has 0 aliphatic rings. The highest BCUT2D eigenvalue weighted by Crippen LogP contribution is 2.09. The lowest BCUT2D eigenvalue weighted by atomic mass is 10.1. The standard InChI is InChI=1S/C58H95N19O21/c1-26(45(61)85)64-55(95)38(16-18-42(79)80)74-48(88)29(4)65-46(86)27(2)67-56(96)39(17-19-43(81)82)75-50(90)31(6)69-54(94)37(15-11-13-21-60)73-49(89)32(7)71-57(97)40(22-35-24-62-25-63-35)76-51(91)30(5)66-47(87)28(3)70-58(98)41(23-44(83)84)77-52(92)33(8)68-53(93)36(72-34(9)78)14-10-12-20-59/h24-33,36-41H,10-23,59-60H2,1-9H3,(H2,61,85)(H,62,63)(H,64,95)(H,65,86)(H,66,87)(H,67,96)(H,68,93)(H,69,94)(H,70,98)(H,71,97)(H,72,78)(H,73,89)(H,74,88)(H,75,90)(H,76,91)(H,77,92)(H,79,80)(H,81,82)(H,83,84)/t26-,27-,28-,29-,30-,31-,32-,33-,36-,37-,38-,39-,40-,41-/m0/s1. The van der Waals surface area contributed by atoms with E-state index in [0.717, 1.165) is 0 Å². The minimum Gasteiger partial charge on any atom is -0.481 e. The van der Waals surface area contributed by atoms with Gasteiger partial charge in [0, 0.05) is 38.1 Å². The van der Waals surface area contributed by atoms with E-state index in [4.69, 9.17) is 22.3 Å². The number of hydrogen-bond acceptors (Lipinski definition) is 21. The fraction of sp³-hybridized carbons (Fsp3) is 0.638. The van der Waals surface area contributed by atoms with Crippen LogP contribution in [0.5, 0.6) is 0 Å². The third-order valence-electron chi connectivity index (χ3n) is 14.5. The Morgan fingerprint density at radius 2 is 0.643 bits per heavy atom. The van der Waals surface area contributed by atoms with Crippen molar-refractivity contribution >= 4 is 107 Å². The average molecular weight is 1390 g/mol. The van der Waals surface area contributed by atoms with Crippen molar-refractivity contribution in [3.05, 3.63) is 18.2 Å². The molecule has 1 rings (SSSR count). The van der Waals surface area contributed by atoms with Gasteiger partial charge in [-0.3, -0.25) is 86.3 Å². The van der Waals surface area contributed by atoms with E-state index in [1.807, 2.05) is 0 Å². The first-order valence-corrected chi connectivity index (χ1v) is 31.4. The van der Waals surface area contributed by atoms with Crippen molar-refractivity contribution < 1.29 is 102 Å². The van der Waals surface area contributed by atoms with E-state index in [2.05, 4.69) is 84.4 Å². The highest BCUT2D eigenvalue weighted by molar-refractivity contribution is 6.00. The topological polar surface area (TPSA) is 643 Å². The summed E-state index contributed by atoms with van der Waals surface area (Å²) < 4.78 is 0. The van der Waals surface area contributed by atoms with E-state index in [1.54, 1.807) is 0 Å². The molecule has 0 aliphatic carbocycles. The zero-order chi connectivity index (χ0) is 74.7. The van der Waals surface area contributed by atoms with Crippen LogP contribution in [0.1, 0.15) is 139 Å². The monoisotopic (exact) mass is 1390 g/mol. The quantitative estimate of drug-likeness (QED) is 0.0270. The smallest absolute Gasteiger partial charge is 0.305 e. The normalized spacial score (nSPS) is 15.2. The number of carboxylic acids is 3. The molecule has 1 aromatic heterocycles. The molecule has 548 valence electrons. The van der Waals surface area contributed by atoms with Gasteiger partial charge in [0.15, 0.2) is 0 Å². The molecule has 0 radical (unpaired) electrons. The van der Waals surface area contributed by atoms with Crippen LogP contribution in [0.25, 0.3) is 0 Å². The SMILES string of the molecule is CC(=O)N[C@@H](CCCCN)C(=O)N[C@@H](C)C(=O)N[C@@H](CC(=O)O)C(=O)N[C@@H](C)C(=O)N[C@@H](C)C(=O)N[C@@H](Cc1cnc[nH]1)C(=O)N[C@@H](C)C(=O)N[C@@H](CCCCN)C(=O)N[C@@H](C)C(=O)N[C@@H](CCC(=O)O)C(=O)N[C@@H](C)C(=O)N[C@@H](C)C(=O)N[C@@H](CCC(=O)O)C(=O)N[C@@H](C)C(N)=O. The molecule has 0 saturated heterocycles. The molecule has 24 N–H and O–H groups in total. The summed E-state index contributed by atoms with van der Waals surface area (Å²) in [6.07, 6.45) is 0.831. The summed E-state index contributed by atoms with van der Waals surface area (Å²) >= 11 is 0. The molecule has 0 unspecified atom stereocenters. The summed E-state index contributed by atoms with van der Waals surface area (Å²) in [5.41, 5.74) is 16.7. The predicted octanol–water partition coefficient (Wildman–Crippen LogP) is -8.13. The van der Waals surface area contributed by atoms with E-state index < -0.39 is 223 Å². The maximum Gasteiger partial charge on any atom is 0.305 e. The van der Waals surface area contributed by atoms with Crippen LogP contribution in [0.2, 0.25) is 0 Å². The third kappa shape index (κ3) is 32.8. The maximum absolute atomic E-state index is 13.9. The van der Waals surface area contributed by atoms with E-state index in [1.165, 1.54) is 74.8 Å². The minimum atomic E-state index is -1.79. The molecule has 0 saturated carbocycles. The molecule has 0 bridgehead atoms. The van der Waals surface area contributed by atoms with Gasteiger partial charge in [-0.1, -0.05) is 0 Å². The Balaban J connectivity index is 3.16. The van der Waals surface area contributed by atoms with Gasteiger partial charge in [0.25, 0.3) is 0 Å². The molecule has 40 nitrogen and oxygen atoms in total. The zero-order valence-electron chi connectivity index (χ0n) is 56.0. The molecular formula is C58H95N19O21. The molecule has 1 aromatic rings. The minimum absolute atomic E-state index is 0.0747. The van der Waals surface area contributed by atoms with Gasteiger partial charge in [0.05, 0.1) is 12.7 Å². The lowest BCUT2D eigenvalue weighted by Crippen LogP contribution is -2.60. The van der Waals surface area contributed by atoms with Gasteiger partial charge >= 0.3 is 17.9 Å². The van der Waals surface area contributed by atoms with E-state index >= 15 is 0 Å². The number of H-pyrrole nitrogens is 1. The molecule has 1 heterocycles. The number of rotatable bonds is 46. The molecule has 15 amide bonds. The van der Waals surface area contributed by atoms with Crippen LogP contribution in [0.15, 0.2) is 12.5 Å². The van der Waals surface area contributed by atoms with E-state index in [0.29, 0.717) is 31.5 Å². The molecule has 40 heteroatoms. The predicted molar refractivity (Wildman–Crippen MR) is 341 cm³/mol. The van der Waals surface area contributed by atoms with Gasteiger partial charge in [-0.05, 0) is 120 Å². The number of imidazole rings is 1. The molecular weight excluding hydrogens is 1300 g/mol. The Morgan fingerprint density at radius 3 is 0.939 bits per heavy atom. The first kappa shape index (κ1) is 85.6. The third-order valence-corrected chi connectivity index (χ3v) is 14.5. The van der Waals surface area contributed by atoms with Crippen LogP contribution >= 0.6 is 0 Å². The fourth-order valence-electron chi connectivity index (χ4n) is 8.63. The lowest BCUT2D eigenvalue weighted by Gasteiger charge is -2.26. The number of amides is 15. The molecule has 0 fully saturated rings. The Hall–Kier alpha value is -10.4. The summed E-state index contributed by atoms with van der Waals surface area (Å²) in [4.78, 5) is 239. The number of aliphatic carboxylic acids is 3. The summed E-state index contributed by atoms with van der Waals surface area (Å²) in [6.45, 7) is 11.3. The highest BCUT2D eigenvalue weighted by Gasteiger charge is 2.35. The largest absolute Gasteiger partial charge is 0.481 e. The Bertz CT molecular complexity index is 2990. The fourth-order valence-corrected chi connectivity index (χ4v) is 8.63. The first-order chi connectivity index (χ1) is 45.8. The van der Waals surface area contributed by atoms with Gasteiger partial charge < -0.3 is 112 Å². The van der Waals surface area contributed by atoms with Crippen molar-refractivity contribution in [2.45, 2.75) is 224 Å². The Kier molecular flexibility index (Phi) is 38.1. The van der Waals surface area contributed by atoms with Crippen LogP contribution in [0.3, 0.4) is 0 Å². The van der Waals surface area contributed by atoms with Crippen molar-refractivity contribution in [2.24, 2.45) is 17.2 Å². The van der Waals surface area contributed by atoms with Gasteiger partial charge in [-0.25, -0.2) is 4.98 Å². The second kappa shape index (κ2) is 43.6. The number of unbranched alkanes of at least 4 members (excludes halogenated alkanes) is 2. The van der Waals surface area contributed by atoms with Gasteiger partial charge in [0.1, 0.15) is 84.6 Å². The number of nitrogens with one attached hydrogen (secondary N) is 15. The maximum atomic E-state index is 13.9. The summed E-state index contributed by atoms with van der Waals surface area (Å²) in [5.74, 6) is -18.5. The summed E-state index contributed by atoms with van der Waals surface area (Å²) in [6, 6.07) is -20.2. The second-order valence-corrected chi connectivity index (χ2v) is 23.1. The van der Waals surface area contributed by atoms with Crippen LogP contribution in [0, 0.1) is 0 Å². The van der Waals surface area contributed by atoms with Crippen LogP contribution < -0.4 is 91.6 Å². The van der Waals surface area contributed by atoms with Gasteiger partial charge in [-0.2, -0.15) is 0 Å². The zero-order valence-corrected chi connectivity index (χ0v) is 56.0. The Morgan fingerprint density at radius 1 is 0.367 bits per heavy atom. The molecule has 0 aliphatic heterocycles. The second-order valence-electron chi connectivity index (χ2n) is 23.1. The Labute approximate surface area is 563 Å². The van der Waals surface area contributed by atoms with Crippen molar-refractivity contribution in [1.82, 2.24) is 84.4 Å². The first-order valence-electron chi connectivity index (χ1n) is 31.4. The number of carbonyl (C=O) groups is 18. The molecule has 0 aromatic carbocycles. The highest BCUT2D eigenvalue weighted by atomic mass is 16.4. The number of nitrogens with two attached hydrogens (primary N) is 3. The number of aromatic amines is 1. The summed E-state index contributed by atoms with van der Waals surface area (Å²) in [5, 5.41) is 61.1. The van der Waals surface area contributed by atoms with Crippen LogP contribution in [-0.4, -0.2) is 229 Å². The van der Waals surface area contributed by atoms with Crippen LogP contribution in [-0.2, 0) is 92.7 Å². The van der Waals surface area contributed by atoms with E-state index in [9.17, 15) is 96.5 Å². The number of nitrogens with zero attached hydrogens (tertiary/aromatic N) is 1. The van der Waals surface area contributed by atoms with Crippen molar-refractivity contribution in [3.63, 3.8) is 0 Å². The summed E-state index contributed by atoms with van der Waals surface area (Å²) in [7, 11) is 0. The average Bonchev–Trinajstić information content (AvgIpc) is 1.06. The van der Waals surface area contributed by atoms with Crippen molar-refractivity contribution in [3.8, 4) is 0 Å².